The van der Waals surface area contributed by atoms with Crippen molar-refractivity contribution in [3.05, 3.63) is 53.1 Å². The van der Waals surface area contributed by atoms with Crippen LogP contribution < -0.4 is 0 Å². The summed E-state index contributed by atoms with van der Waals surface area (Å²) in [4.78, 5) is 26.6. The fraction of sp³-hybridized carbons (Fsp3) is 0.200. The van der Waals surface area contributed by atoms with Crippen LogP contribution in [0.5, 0.6) is 0 Å². The zero-order valence-electron chi connectivity index (χ0n) is 13.9. The van der Waals surface area contributed by atoms with Gasteiger partial charge in [0.2, 0.25) is 0 Å². The molecule has 130 valence electrons. The van der Waals surface area contributed by atoms with Gasteiger partial charge >= 0.3 is 0 Å². The average Bonchev–Trinajstić information content (AvgIpc) is 3.30. The first-order chi connectivity index (χ1) is 12.5. The Balaban J connectivity index is 1.77. The molecule has 2 atom stereocenters. The molecule has 26 heavy (non-hydrogen) atoms. The summed E-state index contributed by atoms with van der Waals surface area (Å²) in [7, 11) is 0. The van der Waals surface area contributed by atoms with Gasteiger partial charge in [-0.05, 0) is 77.4 Å². The topological polar surface area (TPSA) is 34.1 Å². The van der Waals surface area contributed by atoms with Gasteiger partial charge in [-0.1, -0.05) is 13.8 Å². The van der Waals surface area contributed by atoms with Crippen LogP contribution in [0.4, 0.5) is 0 Å². The molecule has 0 N–H and O–H groups in total. The smallest absolute Gasteiger partial charge is 0.161 e. The van der Waals surface area contributed by atoms with E-state index in [1.165, 1.54) is 43.1 Å². The standard InChI is InChI=1S/C20H12Br2O2S2/c1-7-9-3-12-10(8(2)16-18(22)14(6-24)26-20(12)16)4-11(9)19-15(7)17(21)13(5-23)25-19/h3-8H,1-2H3. The van der Waals surface area contributed by atoms with Crippen LogP contribution in [0, 0.1) is 0 Å². The molecule has 5 rings (SSSR count). The number of hydrogen-bond donors (Lipinski definition) is 0. The second-order valence-electron chi connectivity index (χ2n) is 6.75. The molecule has 0 saturated heterocycles. The minimum absolute atomic E-state index is 0.248. The highest BCUT2D eigenvalue weighted by Crippen LogP contribution is 2.58. The van der Waals surface area contributed by atoms with Crippen molar-refractivity contribution in [1.82, 2.24) is 0 Å². The van der Waals surface area contributed by atoms with E-state index in [0.717, 1.165) is 31.3 Å². The van der Waals surface area contributed by atoms with Crippen LogP contribution in [0.15, 0.2) is 21.1 Å². The number of hydrogen-bond acceptors (Lipinski definition) is 4. The summed E-state index contributed by atoms with van der Waals surface area (Å²) in [6.45, 7) is 4.40. The van der Waals surface area contributed by atoms with Crippen molar-refractivity contribution in [2.45, 2.75) is 25.7 Å². The molecule has 2 aliphatic rings. The van der Waals surface area contributed by atoms with E-state index >= 15 is 0 Å². The predicted octanol–water partition coefficient (Wildman–Crippen LogP) is 7.22. The summed E-state index contributed by atoms with van der Waals surface area (Å²) in [6.07, 6.45) is 1.87. The Labute approximate surface area is 175 Å². The fourth-order valence-electron chi connectivity index (χ4n) is 4.26. The van der Waals surface area contributed by atoms with E-state index in [-0.39, 0.29) is 11.8 Å². The third-order valence-corrected chi connectivity index (χ3v) is 10.1. The van der Waals surface area contributed by atoms with E-state index < -0.39 is 0 Å². The lowest BCUT2D eigenvalue weighted by atomic mass is 9.93. The summed E-state index contributed by atoms with van der Waals surface area (Å²) >= 11 is 10.4. The molecular formula is C20H12Br2O2S2. The second-order valence-corrected chi connectivity index (χ2v) is 10.4. The van der Waals surface area contributed by atoms with Gasteiger partial charge in [0.05, 0.1) is 9.75 Å². The van der Waals surface area contributed by atoms with Gasteiger partial charge in [0.15, 0.2) is 12.6 Å². The minimum atomic E-state index is 0.248. The van der Waals surface area contributed by atoms with Crippen molar-refractivity contribution in [2.75, 3.05) is 0 Å². The summed E-state index contributed by atoms with van der Waals surface area (Å²) in [5.74, 6) is 0.496. The Bertz CT molecular complexity index is 1050. The predicted molar refractivity (Wildman–Crippen MR) is 114 cm³/mol. The second kappa shape index (κ2) is 5.71. The summed E-state index contributed by atoms with van der Waals surface area (Å²) in [5.41, 5.74) is 7.56. The Hall–Kier alpha value is -1.08. The van der Waals surface area contributed by atoms with Gasteiger partial charge in [-0.15, -0.1) is 22.7 Å². The zero-order valence-corrected chi connectivity index (χ0v) is 18.7. The molecule has 0 bridgehead atoms. The van der Waals surface area contributed by atoms with Gasteiger partial charge in [0, 0.05) is 30.5 Å². The molecule has 2 aromatic heterocycles. The first kappa shape index (κ1) is 17.0. The number of benzene rings is 1. The third kappa shape index (κ3) is 1.96. The first-order valence-electron chi connectivity index (χ1n) is 8.21. The fourth-order valence-corrected chi connectivity index (χ4v) is 8.57. The van der Waals surface area contributed by atoms with Crippen molar-refractivity contribution in [2.24, 2.45) is 0 Å². The van der Waals surface area contributed by atoms with Crippen LogP contribution in [0.25, 0.3) is 20.9 Å². The highest BCUT2D eigenvalue weighted by atomic mass is 79.9. The van der Waals surface area contributed by atoms with E-state index in [2.05, 4.69) is 57.8 Å². The maximum atomic E-state index is 11.4. The molecule has 2 nitrogen and oxygen atoms in total. The van der Waals surface area contributed by atoms with Crippen LogP contribution in [-0.4, -0.2) is 12.6 Å². The summed E-state index contributed by atoms with van der Waals surface area (Å²) < 4.78 is 1.87. The SMILES string of the molecule is CC1c2cc3c(cc2-c2sc(C=O)c(Br)c21)C(C)c1c-3sc(C=O)c1Br. The number of carbonyl (C=O) groups is 2. The maximum Gasteiger partial charge on any atom is 0.161 e. The molecule has 6 heteroatoms. The Morgan fingerprint density at radius 1 is 0.808 bits per heavy atom. The monoisotopic (exact) mass is 506 g/mol. The molecule has 0 saturated carbocycles. The Kier molecular flexibility index (Phi) is 3.74. The molecule has 0 spiro atoms. The highest BCUT2D eigenvalue weighted by Gasteiger charge is 2.37. The van der Waals surface area contributed by atoms with Crippen molar-refractivity contribution >= 4 is 67.1 Å². The minimum Gasteiger partial charge on any atom is -0.297 e. The summed E-state index contributed by atoms with van der Waals surface area (Å²) in [6, 6.07) is 4.60. The summed E-state index contributed by atoms with van der Waals surface area (Å²) in [5, 5.41) is 0. The molecule has 0 fully saturated rings. The molecule has 0 amide bonds. The van der Waals surface area contributed by atoms with Crippen molar-refractivity contribution in [3.8, 4) is 20.9 Å². The molecule has 1 aromatic carbocycles. The lowest BCUT2D eigenvalue weighted by Gasteiger charge is -2.12. The van der Waals surface area contributed by atoms with Crippen molar-refractivity contribution in [3.63, 3.8) is 0 Å². The normalized spacial score (nSPS) is 19.1. The van der Waals surface area contributed by atoms with E-state index in [0.29, 0.717) is 0 Å². The van der Waals surface area contributed by atoms with Gasteiger partial charge in [0.25, 0.3) is 0 Å². The third-order valence-electron chi connectivity index (χ3n) is 5.54. The van der Waals surface area contributed by atoms with Crippen LogP contribution in [-0.2, 0) is 0 Å². The number of thiophene rings is 2. The number of fused-ring (bicyclic) bond motifs is 6. The van der Waals surface area contributed by atoms with Gasteiger partial charge in [-0.3, -0.25) is 9.59 Å². The molecular weight excluding hydrogens is 496 g/mol. The van der Waals surface area contributed by atoms with Gasteiger partial charge in [0.1, 0.15) is 0 Å². The van der Waals surface area contributed by atoms with E-state index in [9.17, 15) is 9.59 Å². The first-order valence-corrected chi connectivity index (χ1v) is 11.4. The van der Waals surface area contributed by atoms with Gasteiger partial charge < -0.3 is 0 Å². The zero-order chi connectivity index (χ0) is 18.3. The number of rotatable bonds is 2. The Morgan fingerprint density at radius 2 is 1.19 bits per heavy atom. The van der Waals surface area contributed by atoms with Crippen molar-refractivity contribution in [1.29, 1.82) is 0 Å². The molecule has 2 aliphatic carbocycles. The van der Waals surface area contributed by atoms with Crippen molar-refractivity contribution < 1.29 is 9.59 Å². The Morgan fingerprint density at radius 3 is 1.54 bits per heavy atom. The van der Waals surface area contributed by atoms with E-state index in [1.54, 1.807) is 22.7 Å². The maximum absolute atomic E-state index is 11.4. The molecule has 2 unspecified atom stereocenters. The van der Waals surface area contributed by atoms with Crippen LogP contribution in [0.3, 0.4) is 0 Å². The lowest BCUT2D eigenvalue weighted by molar-refractivity contribution is 0.111. The molecule has 3 aromatic rings. The number of halogens is 2. The van der Waals surface area contributed by atoms with Gasteiger partial charge in [-0.2, -0.15) is 0 Å². The quantitative estimate of drug-likeness (QED) is 0.343. The largest absolute Gasteiger partial charge is 0.297 e. The number of aldehydes is 2. The molecule has 2 heterocycles. The average molecular weight is 508 g/mol. The van der Waals surface area contributed by atoms with E-state index in [1.807, 2.05) is 0 Å². The van der Waals surface area contributed by atoms with E-state index in [4.69, 9.17) is 0 Å². The van der Waals surface area contributed by atoms with Crippen LogP contribution >= 0.6 is 54.5 Å². The van der Waals surface area contributed by atoms with Gasteiger partial charge in [-0.25, -0.2) is 0 Å². The number of carbonyl (C=O) groups excluding carboxylic acids is 2. The van der Waals surface area contributed by atoms with Crippen LogP contribution in [0.1, 0.15) is 67.3 Å². The molecule has 0 aliphatic heterocycles. The lowest BCUT2D eigenvalue weighted by Crippen LogP contribution is -1.95. The highest BCUT2D eigenvalue weighted by molar-refractivity contribution is 9.11. The molecule has 0 radical (unpaired) electrons. The van der Waals surface area contributed by atoms with Crippen LogP contribution in [0.2, 0.25) is 0 Å².